The number of alkyl halides is 14. The van der Waals surface area contributed by atoms with Crippen molar-refractivity contribution in [3.8, 4) is 23.0 Å². The van der Waals surface area contributed by atoms with Gasteiger partial charge in [0, 0.05) is 20.7 Å². The minimum Gasteiger partial charge on any atom is -0.494 e. The SMILES string of the molecule is C=CCCOc1ccc(C(=O)Oc2ccc(OCCC(I)CC(F)(F)C(F)(F)C(F)(F)C(F)(F)C(F)(F)C(F)(F)CC(I)CCOc3ccc(C(=O)OC)cc3)cc2)cc1. The topological polar surface area (TPSA) is 80.3 Å². The van der Waals surface area contributed by atoms with Crippen LogP contribution in [0.25, 0.3) is 0 Å². The fourth-order valence-corrected chi connectivity index (χ4v) is 6.62. The number of esters is 2. The van der Waals surface area contributed by atoms with Crippen LogP contribution in [0.5, 0.6) is 23.0 Å². The smallest absolute Gasteiger partial charge is 0.384 e. The quantitative estimate of drug-likeness (QED) is 0.0168. The Morgan fingerprint density at radius 3 is 1.25 bits per heavy atom. The zero-order valence-corrected chi connectivity index (χ0v) is 35.5. The molecule has 0 aromatic heterocycles. The van der Waals surface area contributed by atoms with E-state index >= 15 is 0 Å². The van der Waals surface area contributed by atoms with Gasteiger partial charge in [-0.25, -0.2) is 9.59 Å². The highest BCUT2D eigenvalue weighted by Crippen LogP contribution is 2.61. The molecule has 0 radical (unpaired) electrons. The Bertz CT molecular complexity index is 1860. The Balaban J connectivity index is 1.55. The van der Waals surface area contributed by atoms with E-state index < -0.39 is 94.2 Å². The molecule has 0 aliphatic heterocycles. The van der Waals surface area contributed by atoms with Gasteiger partial charge in [0.15, 0.2) is 0 Å². The summed E-state index contributed by atoms with van der Waals surface area (Å²) in [6, 6.07) is 16.1. The van der Waals surface area contributed by atoms with E-state index in [0.29, 0.717) is 18.8 Å². The first-order chi connectivity index (χ1) is 27.8. The van der Waals surface area contributed by atoms with Crippen LogP contribution in [0.15, 0.2) is 85.5 Å². The zero-order valence-electron chi connectivity index (χ0n) is 31.2. The zero-order chi connectivity index (χ0) is 45.2. The van der Waals surface area contributed by atoms with Crippen molar-refractivity contribution in [2.75, 3.05) is 26.9 Å². The van der Waals surface area contributed by atoms with E-state index in [1.165, 1.54) is 60.7 Å². The monoisotopic (exact) mass is 1100 g/mol. The van der Waals surface area contributed by atoms with Gasteiger partial charge in [-0.05, 0) is 92.1 Å². The maximum Gasteiger partial charge on any atom is 0.384 e. The molecule has 0 amide bonds. The lowest BCUT2D eigenvalue weighted by Crippen LogP contribution is -2.70. The summed E-state index contributed by atoms with van der Waals surface area (Å²) in [5.41, 5.74) is 0.286. The van der Waals surface area contributed by atoms with Crippen LogP contribution in [0.1, 0.15) is 52.8 Å². The van der Waals surface area contributed by atoms with Gasteiger partial charge in [0.05, 0.1) is 38.1 Å². The van der Waals surface area contributed by atoms with Crippen molar-refractivity contribution in [2.45, 2.75) is 75.5 Å². The third kappa shape index (κ3) is 12.3. The molecule has 3 rings (SSSR count). The second-order valence-electron chi connectivity index (χ2n) is 12.9. The third-order valence-corrected chi connectivity index (χ3v) is 10.6. The van der Waals surface area contributed by atoms with Crippen molar-refractivity contribution >= 4 is 57.1 Å². The van der Waals surface area contributed by atoms with E-state index in [2.05, 4.69) is 11.3 Å². The van der Waals surface area contributed by atoms with Crippen molar-refractivity contribution in [3.63, 3.8) is 0 Å². The van der Waals surface area contributed by atoms with Crippen LogP contribution < -0.4 is 18.9 Å². The first-order valence-corrected chi connectivity index (χ1v) is 20.0. The van der Waals surface area contributed by atoms with Gasteiger partial charge in [0.25, 0.3) is 0 Å². The van der Waals surface area contributed by atoms with Crippen LogP contribution in [-0.2, 0) is 4.74 Å². The lowest BCUT2D eigenvalue weighted by Gasteiger charge is -2.42. The second-order valence-corrected chi connectivity index (χ2v) is 16.4. The summed E-state index contributed by atoms with van der Waals surface area (Å²) in [5.74, 6) is -42.9. The number of methoxy groups -OCH3 is 1. The van der Waals surface area contributed by atoms with E-state index in [1.54, 1.807) is 18.2 Å². The minimum atomic E-state index is -7.68. The number of benzene rings is 3. The fraction of sp³-hybridized carbons (Fsp3) is 0.436. The molecule has 0 saturated heterocycles. The first kappa shape index (κ1) is 50.7. The number of hydrogen-bond donors (Lipinski definition) is 0. The maximum absolute atomic E-state index is 14.7. The standard InChI is InChI=1S/C39H36F12I2O7/c1-3-4-19-57-28-11-7-25(8-12-28)33(55)60-31-15-13-30(14-16-31)59-21-18-27(53)23-35(42,43)37(46,47)39(50,51)38(48,49)36(44,45)34(40,41)22-26(52)17-20-58-29-9-5-24(6-10-29)32(54)56-2/h3,5-16,26-27H,1,4,17-23H2,2H3. The molecule has 0 fully saturated rings. The summed E-state index contributed by atoms with van der Waals surface area (Å²) in [6.07, 6.45) is -3.41. The van der Waals surface area contributed by atoms with E-state index in [1.807, 2.05) is 0 Å². The second kappa shape index (κ2) is 21.0. The number of ether oxygens (including phenoxy) is 5. The van der Waals surface area contributed by atoms with Crippen LogP contribution in [-0.4, -0.2) is 82.3 Å². The summed E-state index contributed by atoms with van der Waals surface area (Å²) >= 11 is 2.20. The molecule has 0 aliphatic carbocycles. The van der Waals surface area contributed by atoms with Gasteiger partial charge in [-0.3, -0.25) is 0 Å². The maximum atomic E-state index is 14.7. The molecular formula is C39H36F12I2O7. The largest absolute Gasteiger partial charge is 0.494 e. The Morgan fingerprint density at radius 2 is 0.883 bits per heavy atom. The summed E-state index contributed by atoms with van der Waals surface area (Å²) in [7, 11) is 1.11. The van der Waals surface area contributed by atoms with E-state index in [4.69, 9.17) is 18.9 Å². The Hall–Kier alpha value is -3.64. The summed E-state index contributed by atoms with van der Waals surface area (Å²) in [4.78, 5) is 23.9. The Labute approximate surface area is 363 Å². The average Bonchev–Trinajstić information content (AvgIpc) is 3.18. The third-order valence-electron chi connectivity index (χ3n) is 8.45. The molecule has 0 N–H and O–H groups in total. The van der Waals surface area contributed by atoms with E-state index in [0.717, 1.165) is 52.3 Å². The first-order valence-electron chi connectivity index (χ1n) is 17.5. The molecule has 2 atom stereocenters. The molecule has 0 heterocycles. The molecule has 332 valence electrons. The van der Waals surface area contributed by atoms with Crippen LogP contribution >= 0.6 is 45.2 Å². The predicted octanol–water partition coefficient (Wildman–Crippen LogP) is 12.1. The molecule has 0 aliphatic rings. The lowest BCUT2D eigenvalue weighted by atomic mass is 9.88. The van der Waals surface area contributed by atoms with Gasteiger partial charge < -0.3 is 23.7 Å². The molecule has 60 heavy (non-hydrogen) atoms. The van der Waals surface area contributed by atoms with Gasteiger partial charge in [0.1, 0.15) is 23.0 Å². The number of carbonyl (C=O) groups excluding carboxylic acids is 2. The van der Waals surface area contributed by atoms with Crippen LogP contribution in [0, 0.1) is 0 Å². The molecular weight excluding hydrogens is 1060 g/mol. The Morgan fingerprint density at radius 1 is 0.550 bits per heavy atom. The van der Waals surface area contributed by atoms with Gasteiger partial charge in [0.2, 0.25) is 0 Å². The summed E-state index contributed by atoms with van der Waals surface area (Å²) < 4.78 is 198. The number of halogens is 14. The highest BCUT2D eigenvalue weighted by atomic mass is 127. The average molecular weight is 1100 g/mol. The van der Waals surface area contributed by atoms with Crippen molar-refractivity contribution in [1.29, 1.82) is 0 Å². The summed E-state index contributed by atoms with van der Waals surface area (Å²) in [6.45, 7) is 2.92. The van der Waals surface area contributed by atoms with Crippen LogP contribution in [0.2, 0.25) is 0 Å². The number of carbonyl (C=O) groups is 2. The van der Waals surface area contributed by atoms with Crippen molar-refractivity contribution < 1.29 is 86.0 Å². The van der Waals surface area contributed by atoms with Gasteiger partial charge >= 0.3 is 47.5 Å². The van der Waals surface area contributed by atoms with E-state index in [9.17, 15) is 62.3 Å². The summed E-state index contributed by atoms with van der Waals surface area (Å²) in [5, 5.41) is 0. The molecule has 0 saturated carbocycles. The van der Waals surface area contributed by atoms with E-state index in [-0.39, 0.29) is 28.4 Å². The molecule has 3 aromatic rings. The Kier molecular flexibility index (Phi) is 17.7. The molecule has 0 spiro atoms. The fourth-order valence-electron chi connectivity index (χ4n) is 5.00. The van der Waals surface area contributed by atoms with Gasteiger partial charge in [-0.15, -0.1) is 6.58 Å². The number of rotatable bonds is 24. The van der Waals surface area contributed by atoms with Crippen molar-refractivity contribution in [1.82, 2.24) is 0 Å². The predicted molar refractivity (Wildman–Crippen MR) is 211 cm³/mol. The van der Waals surface area contributed by atoms with Crippen LogP contribution in [0.3, 0.4) is 0 Å². The lowest BCUT2D eigenvalue weighted by molar-refractivity contribution is -0.425. The van der Waals surface area contributed by atoms with Crippen LogP contribution in [0.4, 0.5) is 52.7 Å². The van der Waals surface area contributed by atoms with Crippen molar-refractivity contribution in [3.05, 3.63) is 96.6 Å². The molecule has 3 aromatic carbocycles. The molecule has 2 unspecified atom stereocenters. The van der Waals surface area contributed by atoms with Gasteiger partial charge in [-0.1, -0.05) is 51.3 Å². The molecule has 21 heteroatoms. The minimum absolute atomic E-state index is 0.0406. The highest BCUT2D eigenvalue weighted by molar-refractivity contribution is 14.1. The normalized spacial score (nSPS) is 13.8. The van der Waals surface area contributed by atoms with Gasteiger partial charge in [-0.2, -0.15) is 52.7 Å². The number of hydrogen-bond acceptors (Lipinski definition) is 7. The molecule has 0 bridgehead atoms. The highest BCUT2D eigenvalue weighted by Gasteiger charge is 2.89. The molecule has 7 nitrogen and oxygen atoms in total. The van der Waals surface area contributed by atoms with Crippen molar-refractivity contribution in [2.24, 2.45) is 0 Å².